The Balaban J connectivity index is 1.82. The first-order chi connectivity index (χ1) is 9.56. The second kappa shape index (κ2) is 7.23. The number of sulfonamides is 1. The van der Waals surface area contributed by atoms with Crippen LogP contribution in [0, 0.1) is 5.92 Å². The first kappa shape index (κ1) is 16.2. The van der Waals surface area contributed by atoms with Crippen LogP contribution in [-0.2, 0) is 10.0 Å². The molecule has 5 heteroatoms. The average Bonchev–Trinajstić information content (AvgIpc) is 2.48. The van der Waals surface area contributed by atoms with Gasteiger partial charge in [-0.3, -0.25) is 0 Å². The van der Waals surface area contributed by atoms with Gasteiger partial charge in [0.2, 0.25) is 10.0 Å². The Morgan fingerprint density at radius 2 is 1.70 bits per heavy atom. The van der Waals surface area contributed by atoms with Crippen LogP contribution in [0.3, 0.4) is 0 Å². The maximum Gasteiger partial charge on any atom is 0.213 e. The maximum atomic E-state index is 11.9. The summed E-state index contributed by atoms with van der Waals surface area (Å²) in [5.41, 5.74) is 0. The SMILES string of the molecule is CCC1CCCCC1NC1CCN(S(=O)(=O)CC)CC1. The van der Waals surface area contributed by atoms with Crippen LogP contribution in [0.1, 0.15) is 58.8 Å². The van der Waals surface area contributed by atoms with Crippen LogP contribution in [0.4, 0.5) is 0 Å². The molecule has 1 aliphatic carbocycles. The summed E-state index contributed by atoms with van der Waals surface area (Å²) in [6, 6.07) is 1.17. The Morgan fingerprint density at radius 1 is 1.05 bits per heavy atom. The molecule has 4 nitrogen and oxygen atoms in total. The van der Waals surface area contributed by atoms with Crippen LogP contribution >= 0.6 is 0 Å². The Labute approximate surface area is 124 Å². The molecule has 0 aromatic heterocycles. The van der Waals surface area contributed by atoms with Gasteiger partial charge in [-0.15, -0.1) is 0 Å². The molecule has 2 aliphatic rings. The third kappa shape index (κ3) is 3.95. The van der Waals surface area contributed by atoms with E-state index >= 15 is 0 Å². The number of piperidine rings is 1. The molecule has 118 valence electrons. The smallest absolute Gasteiger partial charge is 0.213 e. The second-order valence-electron chi connectivity index (χ2n) is 6.30. The molecule has 2 atom stereocenters. The normalized spacial score (nSPS) is 30.5. The fourth-order valence-electron chi connectivity index (χ4n) is 3.70. The Kier molecular flexibility index (Phi) is 5.87. The molecule has 1 saturated carbocycles. The van der Waals surface area contributed by atoms with Crippen LogP contribution in [0.25, 0.3) is 0 Å². The minimum Gasteiger partial charge on any atom is -0.311 e. The molecule has 0 bridgehead atoms. The number of nitrogens with one attached hydrogen (secondary N) is 1. The summed E-state index contributed by atoms with van der Waals surface area (Å²) in [7, 11) is -2.99. The molecular weight excluding hydrogens is 272 g/mol. The molecule has 2 unspecified atom stereocenters. The van der Waals surface area contributed by atoms with Gasteiger partial charge in [-0.2, -0.15) is 0 Å². The van der Waals surface area contributed by atoms with Crippen molar-refractivity contribution < 1.29 is 8.42 Å². The summed E-state index contributed by atoms with van der Waals surface area (Å²) in [6.07, 6.45) is 8.57. The van der Waals surface area contributed by atoms with Crippen molar-refractivity contribution in [3.8, 4) is 0 Å². The van der Waals surface area contributed by atoms with E-state index in [9.17, 15) is 8.42 Å². The van der Waals surface area contributed by atoms with Crippen molar-refractivity contribution in [2.24, 2.45) is 5.92 Å². The van der Waals surface area contributed by atoms with Gasteiger partial charge >= 0.3 is 0 Å². The van der Waals surface area contributed by atoms with Crippen molar-refractivity contribution in [2.75, 3.05) is 18.8 Å². The lowest BCUT2D eigenvalue weighted by Gasteiger charge is -2.38. The van der Waals surface area contributed by atoms with Crippen LogP contribution in [-0.4, -0.2) is 43.6 Å². The summed E-state index contributed by atoms with van der Waals surface area (Å²) in [4.78, 5) is 0. The third-order valence-electron chi connectivity index (χ3n) is 5.10. The van der Waals surface area contributed by atoms with E-state index in [1.165, 1.54) is 32.1 Å². The fourth-order valence-corrected chi connectivity index (χ4v) is 4.83. The van der Waals surface area contributed by atoms with Gasteiger partial charge in [-0.1, -0.05) is 26.2 Å². The average molecular weight is 302 g/mol. The lowest BCUT2D eigenvalue weighted by atomic mass is 9.82. The largest absolute Gasteiger partial charge is 0.311 e. The molecule has 0 amide bonds. The monoisotopic (exact) mass is 302 g/mol. The zero-order chi connectivity index (χ0) is 14.6. The predicted octanol–water partition coefficient (Wildman–Crippen LogP) is 2.36. The number of rotatable bonds is 5. The van der Waals surface area contributed by atoms with Crippen LogP contribution in [0.2, 0.25) is 0 Å². The van der Waals surface area contributed by atoms with E-state index in [0.717, 1.165) is 18.8 Å². The van der Waals surface area contributed by atoms with Gasteiger partial charge in [0.1, 0.15) is 0 Å². The van der Waals surface area contributed by atoms with E-state index < -0.39 is 10.0 Å². The molecule has 20 heavy (non-hydrogen) atoms. The van der Waals surface area contributed by atoms with E-state index in [1.807, 2.05) is 0 Å². The molecular formula is C15H30N2O2S. The molecule has 1 aliphatic heterocycles. The molecule has 2 rings (SSSR count). The highest BCUT2D eigenvalue weighted by atomic mass is 32.2. The van der Waals surface area contributed by atoms with Gasteiger partial charge in [0.05, 0.1) is 5.75 Å². The summed E-state index contributed by atoms with van der Waals surface area (Å²) < 4.78 is 25.4. The molecule has 0 radical (unpaired) electrons. The van der Waals surface area contributed by atoms with E-state index in [0.29, 0.717) is 25.2 Å². The summed E-state index contributed by atoms with van der Waals surface area (Å²) in [5, 5.41) is 3.83. The zero-order valence-electron chi connectivity index (χ0n) is 13.0. The summed E-state index contributed by atoms with van der Waals surface area (Å²) in [6.45, 7) is 5.41. The number of nitrogens with zero attached hydrogens (tertiary/aromatic N) is 1. The van der Waals surface area contributed by atoms with Crippen LogP contribution in [0.15, 0.2) is 0 Å². The van der Waals surface area contributed by atoms with Crippen LogP contribution < -0.4 is 5.32 Å². The highest BCUT2D eigenvalue weighted by molar-refractivity contribution is 7.89. The van der Waals surface area contributed by atoms with E-state index in [1.54, 1.807) is 11.2 Å². The van der Waals surface area contributed by atoms with Crippen molar-refractivity contribution >= 4 is 10.0 Å². The zero-order valence-corrected chi connectivity index (χ0v) is 13.8. The number of hydrogen-bond donors (Lipinski definition) is 1. The van der Waals surface area contributed by atoms with Gasteiger partial charge in [0, 0.05) is 25.2 Å². The third-order valence-corrected chi connectivity index (χ3v) is 6.98. The van der Waals surface area contributed by atoms with Crippen molar-refractivity contribution in [1.29, 1.82) is 0 Å². The van der Waals surface area contributed by atoms with Crippen molar-refractivity contribution in [1.82, 2.24) is 9.62 Å². The van der Waals surface area contributed by atoms with Gasteiger partial charge in [-0.25, -0.2) is 12.7 Å². The lowest BCUT2D eigenvalue weighted by Crippen LogP contribution is -2.50. The van der Waals surface area contributed by atoms with Gasteiger partial charge in [-0.05, 0) is 38.5 Å². The molecule has 1 saturated heterocycles. The predicted molar refractivity (Wildman–Crippen MR) is 83.2 cm³/mol. The van der Waals surface area contributed by atoms with E-state index in [4.69, 9.17) is 0 Å². The molecule has 1 N–H and O–H groups in total. The van der Waals surface area contributed by atoms with Gasteiger partial charge < -0.3 is 5.32 Å². The van der Waals surface area contributed by atoms with E-state index in [2.05, 4.69) is 12.2 Å². The second-order valence-corrected chi connectivity index (χ2v) is 8.56. The first-order valence-electron chi connectivity index (χ1n) is 8.30. The first-order valence-corrected chi connectivity index (χ1v) is 9.91. The minimum atomic E-state index is -2.99. The van der Waals surface area contributed by atoms with E-state index in [-0.39, 0.29) is 5.75 Å². The maximum absolute atomic E-state index is 11.9. The Hall–Kier alpha value is -0.130. The van der Waals surface area contributed by atoms with Crippen molar-refractivity contribution in [2.45, 2.75) is 70.9 Å². The fraction of sp³-hybridized carbons (Fsp3) is 1.00. The summed E-state index contributed by atoms with van der Waals surface area (Å²) >= 11 is 0. The lowest BCUT2D eigenvalue weighted by molar-refractivity contribution is 0.204. The van der Waals surface area contributed by atoms with Gasteiger partial charge in [0.25, 0.3) is 0 Å². The molecule has 0 spiro atoms. The highest BCUT2D eigenvalue weighted by Gasteiger charge is 2.30. The van der Waals surface area contributed by atoms with Crippen molar-refractivity contribution in [3.05, 3.63) is 0 Å². The van der Waals surface area contributed by atoms with Gasteiger partial charge in [0.15, 0.2) is 0 Å². The topological polar surface area (TPSA) is 49.4 Å². The standard InChI is InChI=1S/C15H30N2O2S/c1-3-13-7-5-6-8-15(13)16-14-9-11-17(12-10-14)20(18,19)4-2/h13-16H,3-12H2,1-2H3. The quantitative estimate of drug-likeness (QED) is 0.848. The van der Waals surface area contributed by atoms with Crippen LogP contribution in [0.5, 0.6) is 0 Å². The Bertz CT molecular complexity index is 389. The molecule has 0 aromatic carbocycles. The van der Waals surface area contributed by atoms with Crippen molar-refractivity contribution in [3.63, 3.8) is 0 Å². The molecule has 0 aromatic rings. The number of hydrogen-bond acceptors (Lipinski definition) is 3. The Morgan fingerprint density at radius 3 is 2.30 bits per heavy atom. The minimum absolute atomic E-state index is 0.228. The molecule has 2 fully saturated rings. The molecule has 1 heterocycles. The summed E-state index contributed by atoms with van der Waals surface area (Å²) in [5.74, 6) is 1.05. The highest BCUT2D eigenvalue weighted by Crippen LogP contribution is 2.28.